The van der Waals surface area contributed by atoms with E-state index in [1.54, 1.807) is 59.5 Å². The van der Waals surface area contributed by atoms with Gasteiger partial charge in [-0.2, -0.15) is 0 Å². The van der Waals surface area contributed by atoms with Crippen molar-refractivity contribution in [1.82, 2.24) is 0 Å². The normalized spacial score (nSPS) is 17.7. The van der Waals surface area contributed by atoms with Crippen molar-refractivity contribution in [3.8, 4) is 23.0 Å². The average Bonchev–Trinajstić information content (AvgIpc) is 3.19. The summed E-state index contributed by atoms with van der Waals surface area (Å²) in [5, 5.41) is 0. The van der Waals surface area contributed by atoms with Crippen molar-refractivity contribution in [2.45, 2.75) is 26.3 Å². The van der Waals surface area contributed by atoms with E-state index in [2.05, 4.69) is 0 Å². The maximum atomic E-state index is 13.8. The van der Waals surface area contributed by atoms with E-state index in [0.717, 1.165) is 16.8 Å². The van der Waals surface area contributed by atoms with Gasteiger partial charge in [-0.15, -0.1) is 0 Å². The molecule has 0 aromatic heterocycles. The van der Waals surface area contributed by atoms with Gasteiger partial charge in [-0.1, -0.05) is 18.2 Å². The fourth-order valence-corrected chi connectivity index (χ4v) is 5.25. The Morgan fingerprint density at radius 3 is 2.53 bits per heavy atom. The monoisotopic (exact) mass is 510 g/mol. The predicted octanol–water partition coefficient (Wildman–Crippen LogP) is 5.35. The molecule has 0 N–H and O–H groups in total. The summed E-state index contributed by atoms with van der Waals surface area (Å²) < 4.78 is 22.5. The van der Waals surface area contributed by atoms with Crippen LogP contribution in [0.3, 0.4) is 0 Å². The molecule has 0 bridgehead atoms. The number of carbonyl (C=O) groups excluding carboxylic acids is 2. The molecule has 0 atom stereocenters. The number of allylic oxidation sites excluding steroid dienone is 1. The van der Waals surface area contributed by atoms with Gasteiger partial charge in [-0.3, -0.25) is 9.69 Å². The zero-order chi connectivity index (χ0) is 26.6. The number of anilines is 1. The van der Waals surface area contributed by atoms with Gasteiger partial charge < -0.3 is 18.9 Å². The van der Waals surface area contributed by atoms with E-state index in [9.17, 15) is 9.59 Å². The molecular weight excluding hydrogens is 484 g/mol. The second-order valence-corrected chi connectivity index (χ2v) is 9.87. The lowest BCUT2D eigenvalue weighted by molar-refractivity contribution is -0.112. The fraction of sp³-hybridized carbons (Fsp3) is 0.233. The van der Waals surface area contributed by atoms with Gasteiger partial charge >= 0.3 is 5.97 Å². The van der Waals surface area contributed by atoms with E-state index in [4.69, 9.17) is 23.9 Å². The molecule has 0 fully saturated rings. The van der Waals surface area contributed by atoms with Crippen molar-refractivity contribution in [3.63, 3.8) is 0 Å². The number of esters is 1. The van der Waals surface area contributed by atoms with Gasteiger partial charge in [0.15, 0.2) is 11.5 Å². The summed E-state index contributed by atoms with van der Waals surface area (Å²) in [4.78, 5) is 33.4. The number of hydrogen-bond donors (Lipinski definition) is 0. The van der Waals surface area contributed by atoms with Crippen molar-refractivity contribution >= 4 is 34.5 Å². The van der Waals surface area contributed by atoms with Crippen molar-refractivity contribution in [2.75, 3.05) is 25.2 Å². The first-order chi connectivity index (χ1) is 18.3. The van der Waals surface area contributed by atoms with Gasteiger partial charge in [-0.05, 0) is 62.7 Å². The highest BCUT2D eigenvalue weighted by atomic mass is 16.6. The molecule has 0 unspecified atom stereocenters. The van der Waals surface area contributed by atoms with Gasteiger partial charge in [0.1, 0.15) is 36.0 Å². The molecule has 1 amide bonds. The first kappa shape index (κ1) is 23.8. The first-order valence-corrected chi connectivity index (χ1v) is 12.3. The number of amides is 1. The number of benzene rings is 3. The third kappa shape index (κ3) is 3.80. The summed E-state index contributed by atoms with van der Waals surface area (Å²) in [6.45, 7) is 6.91. The highest BCUT2D eigenvalue weighted by Crippen LogP contribution is 2.48. The minimum atomic E-state index is -0.567. The lowest BCUT2D eigenvalue weighted by Gasteiger charge is -2.38. The predicted molar refractivity (Wildman–Crippen MR) is 143 cm³/mol. The molecule has 0 aliphatic carbocycles. The Labute approximate surface area is 220 Å². The molecule has 3 heterocycles. The number of rotatable bonds is 4. The second-order valence-electron chi connectivity index (χ2n) is 9.87. The van der Waals surface area contributed by atoms with Crippen LogP contribution in [-0.4, -0.2) is 43.5 Å². The maximum absolute atomic E-state index is 13.8. The summed E-state index contributed by atoms with van der Waals surface area (Å²) in [5.41, 5.74) is 3.72. The first-order valence-electron chi connectivity index (χ1n) is 12.3. The number of fused-ring (bicyclic) bond motifs is 1. The van der Waals surface area contributed by atoms with Crippen LogP contribution in [0.4, 0.5) is 11.4 Å². The fourth-order valence-electron chi connectivity index (χ4n) is 5.25. The van der Waals surface area contributed by atoms with Crippen LogP contribution >= 0.6 is 0 Å². The molecule has 38 heavy (non-hydrogen) atoms. The Kier molecular flexibility index (Phi) is 5.48. The largest absolute Gasteiger partial charge is 0.496 e. The van der Waals surface area contributed by atoms with Gasteiger partial charge in [-0.25, -0.2) is 9.79 Å². The van der Waals surface area contributed by atoms with Crippen molar-refractivity contribution in [1.29, 1.82) is 0 Å². The standard InChI is InChI=1S/C30H26N2O6/c1-17-16-30(2,3)32-27-21(17)14-19(38-29(34)20-7-5-6-8-23(20)35-4)15-22(27)26(28(32)33)31-18-9-10-24-25(13-18)37-12-11-36-24/h5-10,13-16H,11-12H2,1-4H3. The summed E-state index contributed by atoms with van der Waals surface area (Å²) in [7, 11) is 1.50. The number of carbonyl (C=O) groups is 2. The van der Waals surface area contributed by atoms with Crippen LogP contribution < -0.4 is 23.8 Å². The minimum absolute atomic E-state index is 0.224. The summed E-state index contributed by atoms with van der Waals surface area (Å²) in [6.07, 6.45) is 2.04. The molecule has 8 nitrogen and oxygen atoms in total. The quantitative estimate of drug-likeness (QED) is 0.348. The summed E-state index contributed by atoms with van der Waals surface area (Å²) >= 11 is 0. The van der Waals surface area contributed by atoms with E-state index < -0.39 is 11.5 Å². The number of methoxy groups -OCH3 is 1. The molecule has 3 aliphatic rings. The molecule has 0 saturated carbocycles. The molecular formula is C30H26N2O6. The Morgan fingerprint density at radius 1 is 1.00 bits per heavy atom. The van der Waals surface area contributed by atoms with Crippen LogP contribution in [0.5, 0.6) is 23.0 Å². The van der Waals surface area contributed by atoms with Crippen LogP contribution in [0.25, 0.3) is 5.57 Å². The highest BCUT2D eigenvalue weighted by Gasteiger charge is 2.46. The highest BCUT2D eigenvalue weighted by molar-refractivity contribution is 6.55. The smallest absolute Gasteiger partial charge is 0.347 e. The molecule has 0 radical (unpaired) electrons. The van der Waals surface area contributed by atoms with Gasteiger partial charge in [0.05, 0.1) is 24.0 Å². The summed E-state index contributed by atoms with van der Waals surface area (Å²) in [5.74, 6) is 1.18. The van der Waals surface area contributed by atoms with E-state index in [1.165, 1.54) is 7.11 Å². The van der Waals surface area contributed by atoms with Crippen LogP contribution in [0.2, 0.25) is 0 Å². The van der Waals surface area contributed by atoms with E-state index in [-0.39, 0.29) is 11.6 Å². The summed E-state index contributed by atoms with van der Waals surface area (Å²) in [6, 6.07) is 15.7. The van der Waals surface area contributed by atoms with Crippen molar-refractivity contribution in [3.05, 3.63) is 77.4 Å². The number of aliphatic imine (C=N–C) groups is 1. The molecule has 8 heteroatoms. The molecule has 192 valence electrons. The molecule has 3 aromatic rings. The molecule has 3 aliphatic heterocycles. The average molecular weight is 511 g/mol. The van der Waals surface area contributed by atoms with E-state index in [1.807, 2.05) is 26.8 Å². The van der Waals surface area contributed by atoms with Gasteiger partial charge in [0, 0.05) is 17.2 Å². The molecule has 3 aromatic carbocycles. The van der Waals surface area contributed by atoms with Crippen LogP contribution in [0, 0.1) is 0 Å². The van der Waals surface area contributed by atoms with E-state index >= 15 is 0 Å². The topological polar surface area (TPSA) is 86.7 Å². The lowest BCUT2D eigenvalue weighted by atomic mass is 9.89. The number of ether oxygens (including phenoxy) is 4. The Morgan fingerprint density at radius 2 is 1.74 bits per heavy atom. The maximum Gasteiger partial charge on any atom is 0.347 e. The van der Waals surface area contributed by atoms with Crippen LogP contribution in [0.15, 0.2) is 65.7 Å². The van der Waals surface area contributed by atoms with Gasteiger partial charge in [0.25, 0.3) is 5.91 Å². The van der Waals surface area contributed by atoms with Crippen LogP contribution in [0.1, 0.15) is 42.3 Å². The van der Waals surface area contributed by atoms with Gasteiger partial charge in [0.2, 0.25) is 0 Å². The Balaban J connectivity index is 1.47. The third-order valence-electron chi connectivity index (χ3n) is 6.84. The van der Waals surface area contributed by atoms with Crippen molar-refractivity contribution < 1.29 is 28.5 Å². The number of hydrogen-bond acceptors (Lipinski definition) is 7. The lowest BCUT2D eigenvalue weighted by Crippen LogP contribution is -2.47. The number of nitrogens with zero attached hydrogens (tertiary/aromatic N) is 2. The Hall–Kier alpha value is -4.59. The molecule has 6 rings (SSSR count). The second kappa shape index (κ2) is 8.76. The number of para-hydroxylation sites is 1. The zero-order valence-electron chi connectivity index (χ0n) is 21.5. The third-order valence-corrected chi connectivity index (χ3v) is 6.84. The van der Waals surface area contributed by atoms with E-state index in [0.29, 0.717) is 53.0 Å². The molecule has 0 spiro atoms. The van der Waals surface area contributed by atoms with Crippen molar-refractivity contribution in [2.24, 2.45) is 4.99 Å². The van der Waals surface area contributed by atoms with Crippen LogP contribution in [-0.2, 0) is 4.79 Å². The zero-order valence-corrected chi connectivity index (χ0v) is 21.5. The minimum Gasteiger partial charge on any atom is -0.496 e. The molecule has 0 saturated heterocycles. The SMILES string of the molecule is COc1ccccc1C(=O)Oc1cc2c3c(c1)C(=Nc1ccc4c(c1)OCCO4)C(=O)N3C(C)(C)C=C2C. The Bertz CT molecular complexity index is 1570.